The third-order valence-corrected chi connectivity index (χ3v) is 3.43. The summed E-state index contributed by atoms with van der Waals surface area (Å²) in [6, 6.07) is 9.83. The van der Waals surface area contributed by atoms with Gasteiger partial charge in [-0.15, -0.1) is 0 Å². The quantitative estimate of drug-likeness (QED) is 0.835. The van der Waals surface area contributed by atoms with Gasteiger partial charge in [-0.05, 0) is 41.8 Å². The predicted molar refractivity (Wildman–Crippen MR) is 78.0 cm³/mol. The third-order valence-electron chi connectivity index (χ3n) is 3.43. The Hall–Kier alpha value is -2.67. The molecule has 0 aliphatic carbocycles. The molecule has 4 heteroatoms. The summed E-state index contributed by atoms with van der Waals surface area (Å²) >= 11 is 0. The Bertz CT molecular complexity index is 653. The summed E-state index contributed by atoms with van der Waals surface area (Å²) in [6.45, 7) is 1.83. The Morgan fingerprint density at radius 1 is 1.15 bits per heavy atom. The Balaban J connectivity index is 1.80. The van der Waals surface area contributed by atoms with Crippen LogP contribution in [-0.2, 0) is 0 Å². The van der Waals surface area contributed by atoms with E-state index in [1.165, 1.54) is 11.1 Å². The molecule has 3 heterocycles. The molecule has 0 amide bonds. The molecule has 20 heavy (non-hydrogen) atoms. The molecule has 0 unspecified atom stereocenters. The average molecular weight is 262 g/mol. The van der Waals surface area contributed by atoms with Crippen LogP contribution < -0.4 is 4.90 Å². The number of hydrogen-bond acceptors (Lipinski definition) is 4. The second-order valence-corrected chi connectivity index (χ2v) is 4.69. The minimum atomic E-state index is 0.454. The monoisotopic (exact) mass is 262 g/mol. The molecule has 2 aromatic heterocycles. The zero-order valence-corrected chi connectivity index (χ0v) is 11.0. The van der Waals surface area contributed by atoms with E-state index in [1.807, 2.05) is 36.7 Å². The molecule has 0 bridgehead atoms. The maximum atomic E-state index is 8.79. The van der Waals surface area contributed by atoms with Crippen LogP contribution in [0.2, 0.25) is 0 Å². The van der Waals surface area contributed by atoms with Gasteiger partial charge < -0.3 is 4.90 Å². The highest BCUT2D eigenvalue weighted by molar-refractivity contribution is 5.71. The normalized spacial score (nSPS) is 14.6. The lowest BCUT2D eigenvalue weighted by Gasteiger charge is -2.29. The molecule has 4 nitrogen and oxygen atoms in total. The molecule has 98 valence electrons. The van der Waals surface area contributed by atoms with Crippen molar-refractivity contribution >= 4 is 11.3 Å². The maximum absolute atomic E-state index is 8.79. The summed E-state index contributed by atoms with van der Waals surface area (Å²) in [5.74, 6) is 0. The molecule has 2 aromatic rings. The molecule has 0 spiro atoms. The van der Waals surface area contributed by atoms with Crippen molar-refractivity contribution in [1.82, 2.24) is 9.97 Å². The van der Waals surface area contributed by atoms with Crippen LogP contribution in [0.4, 0.5) is 5.69 Å². The highest BCUT2D eigenvalue weighted by Gasteiger charge is 2.14. The third kappa shape index (κ3) is 2.52. The van der Waals surface area contributed by atoms with Crippen LogP contribution in [0.15, 0.2) is 48.9 Å². The first-order chi connectivity index (χ1) is 9.86. The second-order valence-electron chi connectivity index (χ2n) is 4.69. The summed E-state index contributed by atoms with van der Waals surface area (Å²) in [5.41, 5.74) is 4.04. The van der Waals surface area contributed by atoms with Gasteiger partial charge in [-0.1, -0.05) is 6.08 Å². The summed E-state index contributed by atoms with van der Waals surface area (Å²) in [4.78, 5) is 10.5. The van der Waals surface area contributed by atoms with Gasteiger partial charge >= 0.3 is 0 Å². The topological polar surface area (TPSA) is 52.8 Å². The van der Waals surface area contributed by atoms with Crippen LogP contribution in [0.1, 0.15) is 17.7 Å². The number of rotatable bonds is 2. The van der Waals surface area contributed by atoms with Crippen LogP contribution in [0, 0.1) is 11.3 Å². The zero-order chi connectivity index (χ0) is 13.8. The first-order valence-corrected chi connectivity index (χ1v) is 6.57. The molecule has 1 aliphatic heterocycles. The molecule has 0 fully saturated rings. The van der Waals surface area contributed by atoms with E-state index in [4.69, 9.17) is 5.26 Å². The second kappa shape index (κ2) is 5.54. The van der Waals surface area contributed by atoms with Gasteiger partial charge in [0.1, 0.15) is 11.8 Å². The Morgan fingerprint density at radius 3 is 2.70 bits per heavy atom. The SMILES string of the molecule is N#Cc1ccc(N2CCC=C(c3ccncc3)C2)cn1. The van der Waals surface area contributed by atoms with Gasteiger partial charge in [-0.3, -0.25) is 4.98 Å². The van der Waals surface area contributed by atoms with Crippen LogP contribution in [0.5, 0.6) is 0 Å². The minimum absolute atomic E-state index is 0.454. The average Bonchev–Trinajstić information content (AvgIpc) is 2.56. The molecule has 1 aliphatic rings. The summed E-state index contributed by atoms with van der Waals surface area (Å²) < 4.78 is 0. The highest BCUT2D eigenvalue weighted by atomic mass is 15.1. The number of hydrogen-bond donors (Lipinski definition) is 0. The lowest BCUT2D eigenvalue weighted by Crippen LogP contribution is -2.29. The molecule has 0 atom stereocenters. The number of nitrogens with zero attached hydrogens (tertiary/aromatic N) is 4. The van der Waals surface area contributed by atoms with Crippen molar-refractivity contribution < 1.29 is 0 Å². The molecule has 0 saturated carbocycles. The summed E-state index contributed by atoms with van der Waals surface area (Å²) in [5, 5.41) is 8.79. The number of aromatic nitrogens is 2. The van der Waals surface area contributed by atoms with Gasteiger partial charge in [-0.25, -0.2) is 4.98 Å². The zero-order valence-electron chi connectivity index (χ0n) is 11.0. The lowest BCUT2D eigenvalue weighted by atomic mass is 10.0. The van der Waals surface area contributed by atoms with Crippen molar-refractivity contribution in [3.8, 4) is 6.07 Å². The van der Waals surface area contributed by atoms with E-state index in [0.29, 0.717) is 5.69 Å². The van der Waals surface area contributed by atoms with Gasteiger partial charge in [0.05, 0.1) is 11.9 Å². The van der Waals surface area contributed by atoms with Crippen molar-refractivity contribution in [2.75, 3.05) is 18.0 Å². The van der Waals surface area contributed by atoms with Crippen LogP contribution in [0.3, 0.4) is 0 Å². The lowest BCUT2D eigenvalue weighted by molar-refractivity contribution is 0.828. The highest BCUT2D eigenvalue weighted by Crippen LogP contribution is 2.24. The summed E-state index contributed by atoms with van der Waals surface area (Å²) in [7, 11) is 0. The fraction of sp³-hybridized carbons (Fsp3) is 0.188. The van der Waals surface area contributed by atoms with E-state index in [-0.39, 0.29) is 0 Å². The molecule has 0 saturated heterocycles. The van der Waals surface area contributed by atoms with Crippen LogP contribution in [0.25, 0.3) is 5.57 Å². The number of anilines is 1. The Kier molecular flexibility index (Phi) is 3.42. The Morgan fingerprint density at radius 2 is 2.00 bits per heavy atom. The molecular formula is C16H14N4. The van der Waals surface area contributed by atoms with E-state index in [9.17, 15) is 0 Å². The minimum Gasteiger partial charge on any atom is -0.366 e. The smallest absolute Gasteiger partial charge is 0.140 e. The molecular weight excluding hydrogens is 248 g/mol. The van der Waals surface area contributed by atoms with E-state index < -0.39 is 0 Å². The fourth-order valence-electron chi connectivity index (χ4n) is 2.38. The van der Waals surface area contributed by atoms with Gasteiger partial charge in [0.2, 0.25) is 0 Å². The molecule has 0 aromatic carbocycles. The molecule has 0 radical (unpaired) electrons. The van der Waals surface area contributed by atoms with E-state index >= 15 is 0 Å². The largest absolute Gasteiger partial charge is 0.366 e. The van der Waals surface area contributed by atoms with Crippen molar-refractivity contribution in [2.45, 2.75) is 6.42 Å². The van der Waals surface area contributed by atoms with Gasteiger partial charge in [-0.2, -0.15) is 5.26 Å². The van der Waals surface area contributed by atoms with Crippen LogP contribution in [-0.4, -0.2) is 23.1 Å². The molecule has 3 rings (SSSR count). The number of nitriles is 1. The van der Waals surface area contributed by atoms with Crippen molar-refractivity contribution in [2.24, 2.45) is 0 Å². The first kappa shape index (κ1) is 12.4. The number of pyridine rings is 2. The van der Waals surface area contributed by atoms with Crippen LogP contribution >= 0.6 is 0 Å². The standard InChI is InChI=1S/C16H14N4/c17-10-15-3-4-16(11-19-15)20-9-1-2-14(12-20)13-5-7-18-8-6-13/h2-8,11H,1,9,12H2. The van der Waals surface area contributed by atoms with Crippen molar-refractivity contribution in [1.29, 1.82) is 5.26 Å². The fourth-order valence-corrected chi connectivity index (χ4v) is 2.38. The first-order valence-electron chi connectivity index (χ1n) is 6.57. The van der Waals surface area contributed by atoms with Gasteiger partial charge in [0.25, 0.3) is 0 Å². The van der Waals surface area contributed by atoms with Gasteiger partial charge in [0.15, 0.2) is 0 Å². The summed E-state index contributed by atoms with van der Waals surface area (Å²) in [6.07, 6.45) is 8.70. The molecule has 0 N–H and O–H groups in total. The predicted octanol–water partition coefficient (Wildman–Crippen LogP) is 2.64. The van der Waals surface area contributed by atoms with E-state index in [0.717, 1.165) is 25.2 Å². The Labute approximate surface area is 118 Å². The van der Waals surface area contributed by atoms with Gasteiger partial charge in [0, 0.05) is 25.5 Å². The van der Waals surface area contributed by atoms with Crippen molar-refractivity contribution in [3.05, 3.63) is 60.2 Å². The van der Waals surface area contributed by atoms with E-state index in [2.05, 4.69) is 20.9 Å². The maximum Gasteiger partial charge on any atom is 0.140 e. The van der Waals surface area contributed by atoms with Crippen molar-refractivity contribution in [3.63, 3.8) is 0 Å². The van der Waals surface area contributed by atoms with E-state index in [1.54, 1.807) is 12.3 Å².